The molecule has 0 heterocycles. The fraction of sp³-hybridized carbons (Fsp3) is 0.647. The third kappa shape index (κ3) is 4.55. The molecule has 0 fully saturated rings. The van der Waals surface area contributed by atoms with E-state index in [-0.39, 0.29) is 17.0 Å². The van der Waals surface area contributed by atoms with Gasteiger partial charge in [0.25, 0.3) is 0 Å². The van der Waals surface area contributed by atoms with Gasteiger partial charge >= 0.3 is 0 Å². The van der Waals surface area contributed by atoms with Gasteiger partial charge in [-0.3, -0.25) is 0 Å². The van der Waals surface area contributed by atoms with E-state index in [2.05, 4.69) is 33.0 Å². The van der Waals surface area contributed by atoms with E-state index >= 15 is 0 Å². The van der Waals surface area contributed by atoms with Crippen LogP contribution in [0.3, 0.4) is 0 Å². The Morgan fingerprint density at radius 2 is 1.80 bits per heavy atom. The van der Waals surface area contributed by atoms with Crippen molar-refractivity contribution in [2.45, 2.75) is 53.5 Å². The quantitative estimate of drug-likeness (QED) is 0.802. The molecular formula is C17H27F2N. The van der Waals surface area contributed by atoms with Crippen LogP contribution >= 0.6 is 0 Å². The first-order chi connectivity index (χ1) is 9.15. The maximum absolute atomic E-state index is 14.2. The van der Waals surface area contributed by atoms with E-state index in [0.717, 1.165) is 12.8 Å². The van der Waals surface area contributed by atoms with Crippen molar-refractivity contribution in [3.63, 3.8) is 0 Å². The Labute approximate surface area is 121 Å². The first kappa shape index (κ1) is 17.1. The molecule has 3 heteroatoms. The minimum absolute atomic E-state index is 0.174. The SMILES string of the molecule is CNC(CC(C)CC(C)(C)C)c1c(F)ccc(C)c1F. The van der Waals surface area contributed by atoms with Crippen LogP contribution in [0.2, 0.25) is 0 Å². The maximum Gasteiger partial charge on any atom is 0.133 e. The summed E-state index contributed by atoms with van der Waals surface area (Å²) in [6.07, 6.45) is 1.76. The molecule has 114 valence electrons. The number of benzene rings is 1. The Morgan fingerprint density at radius 3 is 2.30 bits per heavy atom. The summed E-state index contributed by atoms with van der Waals surface area (Å²) in [5.74, 6) is -0.491. The number of hydrogen-bond donors (Lipinski definition) is 1. The van der Waals surface area contributed by atoms with E-state index in [1.807, 2.05) is 0 Å². The second-order valence-corrected chi connectivity index (χ2v) is 7.04. The monoisotopic (exact) mass is 283 g/mol. The lowest BCUT2D eigenvalue weighted by Crippen LogP contribution is -2.23. The molecule has 1 nitrogen and oxygen atoms in total. The molecular weight excluding hydrogens is 256 g/mol. The lowest BCUT2D eigenvalue weighted by Gasteiger charge is -2.27. The molecule has 0 aliphatic rings. The molecule has 0 radical (unpaired) electrons. The predicted octanol–water partition coefficient (Wildman–Crippen LogP) is 5.00. The van der Waals surface area contributed by atoms with Gasteiger partial charge in [0, 0.05) is 11.6 Å². The van der Waals surface area contributed by atoms with Gasteiger partial charge in [-0.15, -0.1) is 0 Å². The molecule has 1 rings (SSSR count). The number of halogens is 2. The summed E-state index contributed by atoms with van der Waals surface area (Å²) >= 11 is 0. The highest BCUT2D eigenvalue weighted by Crippen LogP contribution is 2.32. The topological polar surface area (TPSA) is 12.0 Å². The van der Waals surface area contributed by atoms with Gasteiger partial charge in [-0.25, -0.2) is 8.78 Å². The fourth-order valence-corrected chi connectivity index (χ4v) is 2.91. The van der Waals surface area contributed by atoms with Crippen LogP contribution in [0.5, 0.6) is 0 Å². The largest absolute Gasteiger partial charge is 0.313 e. The van der Waals surface area contributed by atoms with E-state index in [4.69, 9.17) is 0 Å². The van der Waals surface area contributed by atoms with Crippen molar-refractivity contribution in [2.24, 2.45) is 11.3 Å². The second-order valence-electron chi connectivity index (χ2n) is 7.04. The first-order valence-corrected chi connectivity index (χ1v) is 7.27. The number of hydrogen-bond acceptors (Lipinski definition) is 1. The number of nitrogens with one attached hydrogen (secondary N) is 1. The molecule has 2 atom stereocenters. The average Bonchev–Trinajstić information content (AvgIpc) is 2.30. The van der Waals surface area contributed by atoms with Crippen LogP contribution < -0.4 is 5.32 Å². The van der Waals surface area contributed by atoms with E-state index in [0.29, 0.717) is 11.5 Å². The molecule has 0 aliphatic carbocycles. The summed E-state index contributed by atoms with van der Waals surface area (Å²) in [6.45, 7) is 10.4. The van der Waals surface area contributed by atoms with Gasteiger partial charge < -0.3 is 5.32 Å². The molecule has 0 spiro atoms. The van der Waals surface area contributed by atoms with Crippen LogP contribution in [-0.4, -0.2) is 7.05 Å². The average molecular weight is 283 g/mol. The highest BCUT2D eigenvalue weighted by atomic mass is 19.1. The highest BCUT2D eigenvalue weighted by molar-refractivity contribution is 5.29. The zero-order valence-corrected chi connectivity index (χ0v) is 13.5. The van der Waals surface area contributed by atoms with Gasteiger partial charge in [-0.05, 0) is 49.8 Å². The highest BCUT2D eigenvalue weighted by Gasteiger charge is 2.24. The van der Waals surface area contributed by atoms with Crippen LogP contribution in [0.1, 0.15) is 57.7 Å². The van der Waals surface area contributed by atoms with Crippen LogP contribution in [0.15, 0.2) is 12.1 Å². The molecule has 0 aromatic heterocycles. The van der Waals surface area contributed by atoms with Gasteiger partial charge in [0.1, 0.15) is 11.6 Å². The zero-order valence-electron chi connectivity index (χ0n) is 13.5. The Hall–Kier alpha value is -0.960. The van der Waals surface area contributed by atoms with Crippen LogP contribution in [0.25, 0.3) is 0 Å². The molecule has 1 aromatic rings. The van der Waals surface area contributed by atoms with Gasteiger partial charge in [-0.2, -0.15) is 0 Å². The van der Waals surface area contributed by atoms with Crippen LogP contribution in [-0.2, 0) is 0 Å². The van der Waals surface area contributed by atoms with Crippen molar-refractivity contribution in [1.29, 1.82) is 0 Å². The Kier molecular flexibility index (Phi) is 5.69. The minimum Gasteiger partial charge on any atom is -0.313 e. The van der Waals surface area contributed by atoms with Gasteiger partial charge in [0.15, 0.2) is 0 Å². The van der Waals surface area contributed by atoms with Gasteiger partial charge in [0.05, 0.1) is 0 Å². The Balaban J connectivity index is 2.95. The van der Waals surface area contributed by atoms with Crippen molar-refractivity contribution in [3.05, 3.63) is 34.9 Å². The second kappa shape index (κ2) is 6.66. The molecule has 20 heavy (non-hydrogen) atoms. The molecule has 0 amide bonds. The Morgan fingerprint density at radius 1 is 1.20 bits per heavy atom. The first-order valence-electron chi connectivity index (χ1n) is 7.27. The smallest absolute Gasteiger partial charge is 0.133 e. The number of aryl methyl sites for hydroxylation is 1. The van der Waals surface area contributed by atoms with Crippen LogP contribution in [0.4, 0.5) is 8.78 Å². The molecule has 0 saturated carbocycles. The standard InChI is InChI=1S/C17H27F2N/c1-11(10-17(3,4)5)9-14(20-6)15-13(18)8-7-12(2)16(15)19/h7-8,11,14,20H,9-10H2,1-6H3. The van der Waals surface area contributed by atoms with E-state index in [1.54, 1.807) is 14.0 Å². The van der Waals surface area contributed by atoms with Gasteiger partial charge in [-0.1, -0.05) is 33.8 Å². The third-order valence-electron chi connectivity index (χ3n) is 3.62. The fourth-order valence-electron chi connectivity index (χ4n) is 2.91. The van der Waals surface area contributed by atoms with Crippen molar-refractivity contribution < 1.29 is 8.78 Å². The minimum atomic E-state index is -0.463. The number of rotatable bonds is 5. The normalized spacial score (nSPS) is 15.2. The summed E-state index contributed by atoms with van der Waals surface area (Å²) in [4.78, 5) is 0. The lowest BCUT2D eigenvalue weighted by atomic mass is 9.82. The molecule has 1 N–H and O–H groups in total. The van der Waals surface area contributed by atoms with Gasteiger partial charge in [0.2, 0.25) is 0 Å². The molecule has 0 saturated heterocycles. The van der Waals surface area contributed by atoms with E-state index < -0.39 is 11.6 Å². The molecule has 0 bridgehead atoms. The molecule has 2 unspecified atom stereocenters. The summed E-state index contributed by atoms with van der Waals surface area (Å²) in [5, 5.41) is 3.06. The summed E-state index contributed by atoms with van der Waals surface area (Å²) in [5.41, 5.74) is 0.889. The molecule has 1 aromatic carbocycles. The van der Waals surface area contributed by atoms with Crippen molar-refractivity contribution >= 4 is 0 Å². The maximum atomic E-state index is 14.2. The third-order valence-corrected chi connectivity index (χ3v) is 3.62. The summed E-state index contributed by atoms with van der Waals surface area (Å²) < 4.78 is 28.2. The summed E-state index contributed by atoms with van der Waals surface area (Å²) in [6, 6.07) is 2.55. The van der Waals surface area contributed by atoms with E-state index in [9.17, 15) is 8.78 Å². The predicted molar refractivity (Wildman–Crippen MR) is 80.7 cm³/mol. The van der Waals surface area contributed by atoms with Crippen molar-refractivity contribution in [1.82, 2.24) is 5.32 Å². The van der Waals surface area contributed by atoms with Crippen molar-refractivity contribution in [3.8, 4) is 0 Å². The lowest BCUT2D eigenvalue weighted by molar-refractivity contribution is 0.275. The molecule has 0 aliphatic heterocycles. The van der Waals surface area contributed by atoms with Crippen molar-refractivity contribution in [2.75, 3.05) is 7.05 Å². The summed E-state index contributed by atoms with van der Waals surface area (Å²) in [7, 11) is 1.76. The zero-order chi connectivity index (χ0) is 15.5. The van der Waals surface area contributed by atoms with Crippen LogP contribution in [0, 0.1) is 29.9 Å². The Bertz CT molecular complexity index is 449. The van der Waals surface area contributed by atoms with E-state index in [1.165, 1.54) is 12.1 Å².